The Bertz CT molecular complexity index is 792. The summed E-state index contributed by atoms with van der Waals surface area (Å²) in [4.78, 5) is 26.1. The molecule has 3 rings (SSSR count). The third kappa shape index (κ3) is 2.79. The number of amides is 2. The van der Waals surface area contributed by atoms with Crippen LogP contribution in [0.15, 0.2) is 42.5 Å². The summed E-state index contributed by atoms with van der Waals surface area (Å²) in [6.07, 6.45) is 0.0865. The van der Waals surface area contributed by atoms with Crippen LogP contribution in [0.1, 0.15) is 23.7 Å². The lowest BCUT2D eigenvalue weighted by molar-refractivity contribution is -0.116. The SMILES string of the molecule is C[C@@H]1CC(=O)Nc2ccccc2N1C(=O)c1ccc(F)cc1F. The van der Waals surface area contributed by atoms with Crippen LogP contribution in [0, 0.1) is 11.6 Å². The monoisotopic (exact) mass is 316 g/mol. The smallest absolute Gasteiger partial charge is 0.261 e. The molecule has 0 saturated carbocycles. The maximum absolute atomic E-state index is 14.0. The Morgan fingerprint density at radius 3 is 2.70 bits per heavy atom. The molecule has 6 heteroatoms. The Morgan fingerprint density at radius 2 is 1.96 bits per heavy atom. The fourth-order valence-electron chi connectivity index (χ4n) is 2.69. The van der Waals surface area contributed by atoms with Crippen molar-refractivity contribution in [3.05, 3.63) is 59.7 Å². The summed E-state index contributed by atoms with van der Waals surface area (Å²) in [7, 11) is 0. The number of anilines is 2. The van der Waals surface area contributed by atoms with Gasteiger partial charge in [-0.25, -0.2) is 8.78 Å². The number of carbonyl (C=O) groups excluding carboxylic acids is 2. The fraction of sp³-hybridized carbons (Fsp3) is 0.176. The summed E-state index contributed by atoms with van der Waals surface area (Å²) >= 11 is 0. The van der Waals surface area contributed by atoms with E-state index >= 15 is 0 Å². The average molecular weight is 316 g/mol. The zero-order chi connectivity index (χ0) is 16.6. The highest BCUT2D eigenvalue weighted by Crippen LogP contribution is 2.32. The highest BCUT2D eigenvalue weighted by Gasteiger charge is 2.31. The van der Waals surface area contributed by atoms with Crippen LogP contribution in [0.4, 0.5) is 20.2 Å². The molecule has 1 aliphatic rings. The van der Waals surface area contributed by atoms with Gasteiger partial charge in [-0.15, -0.1) is 0 Å². The van der Waals surface area contributed by atoms with Crippen molar-refractivity contribution in [3.8, 4) is 0 Å². The van der Waals surface area contributed by atoms with E-state index in [1.807, 2.05) is 0 Å². The minimum atomic E-state index is -0.928. The first kappa shape index (κ1) is 15.1. The molecule has 0 bridgehead atoms. The molecular weight excluding hydrogens is 302 g/mol. The Kier molecular flexibility index (Phi) is 3.82. The van der Waals surface area contributed by atoms with Crippen LogP contribution >= 0.6 is 0 Å². The summed E-state index contributed by atoms with van der Waals surface area (Å²) in [5.74, 6) is -2.51. The van der Waals surface area contributed by atoms with Gasteiger partial charge in [0, 0.05) is 18.5 Å². The first-order valence-corrected chi connectivity index (χ1v) is 7.15. The number of nitrogens with zero attached hydrogens (tertiary/aromatic N) is 1. The molecule has 118 valence electrons. The molecule has 0 saturated heterocycles. The lowest BCUT2D eigenvalue weighted by atomic mass is 10.1. The second-order valence-corrected chi connectivity index (χ2v) is 5.42. The highest BCUT2D eigenvalue weighted by molar-refractivity contribution is 6.11. The molecule has 4 nitrogen and oxygen atoms in total. The van der Waals surface area contributed by atoms with Crippen molar-refractivity contribution in [3.63, 3.8) is 0 Å². The van der Waals surface area contributed by atoms with Gasteiger partial charge in [-0.3, -0.25) is 9.59 Å². The van der Waals surface area contributed by atoms with Gasteiger partial charge >= 0.3 is 0 Å². The van der Waals surface area contributed by atoms with Crippen LogP contribution in [-0.2, 0) is 4.79 Å². The molecule has 2 aromatic carbocycles. The van der Waals surface area contributed by atoms with Crippen molar-refractivity contribution in [1.29, 1.82) is 0 Å². The summed E-state index contributed by atoms with van der Waals surface area (Å²) in [5, 5.41) is 2.73. The van der Waals surface area contributed by atoms with E-state index < -0.39 is 23.6 Å². The average Bonchev–Trinajstić information content (AvgIpc) is 2.61. The molecular formula is C17H14F2N2O2. The van der Waals surface area contributed by atoms with Gasteiger partial charge in [-0.05, 0) is 31.2 Å². The van der Waals surface area contributed by atoms with Crippen LogP contribution in [0.25, 0.3) is 0 Å². The lowest BCUT2D eigenvalue weighted by Crippen LogP contribution is -2.39. The second-order valence-electron chi connectivity index (χ2n) is 5.42. The molecule has 0 spiro atoms. The standard InChI is InChI=1S/C17H14F2N2O2/c1-10-8-16(22)20-14-4-2-3-5-15(14)21(10)17(23)12-7-6-11(18)9-13(12)19/h2-7,9-10H,8H2,1H3,(H,20,22)/t10-/m1/s1. The van der Waals surface area contributed by atoms with Gasteiger partial charge in [-0.1, -0.05) is 12.1 Å². The lowest BCUT2D eigenvalue weighted by Gasteiger charge is -2.28. The maximum atomic E-state index is 14.0. The van der Waals surface area contributed by atoms with Crippen molar-refractivity contribution in [1.82, 2.24) is 0 Å². The molecule has 23 heavy (non-hydrogen) atoms. The van der Waals surface area contributed by atoms with Crippen molar-refractivity contribution >= 4 is 23.2 Å². The molecule has 1 heterocycles. The van der Waals surface area contributed by atoms with Gasteiger partial charge in [0.15, 0.2) is 0 Å². The maximum Gasteiger partial charge on any atom is 0.261 e. The summed E-state index contributed by atoms with van der Waals surface area (Å²) in [6, 6.07) is 9.17. The van der Waals surface area contributed by atoms with Crippen molar-refractivity contribution in [2.45, 2.75) is 19.4 Å². The number of nitrogens with one attached hydrogen (secondary N) is 1. The van der Waals surface area contributed by atoms with E-state index in [9.17, 15) is 18.4 Å². The van der Waals surface area contributed by atoms with E-state index in [1.165, 1.54) is 4.90 Å². The van der Waals surface area contributed by atoms with Crippen LogP contribution in [0.2, 0.25) is 0 Å². The normalized spacial score (nSPS) is 17.3. The molecule has 1 aliphatic heterocycles. The van der Waals surface area contributed by atoms with Crippen molar-refractivity contribution in [2.75, 3.05) is 10.2 Å². The molecule has 0 aliphatic carbocycles. The minimum Gasteiger partial charge on any atom is -0.324 e. The van der Waals surface area contributed by atoms with E-state index in [1.54, 1.807) is 31.2 Å². The van der Waals surface area contributed by atoms with E-state index in [0.29, 0.717) is 17.4 Å². The minimum absolute atomic E-state index is 0.0865. The Hall–Kier alpha value is -2.76. The number of hydrogen-bond donors (Lipinski definition) is 1. The van der Waals surface area contributed by atoms with Gasteiger partial charge in [0.05, 0.1) is 16.9 Å². The van der Waals surface area contributed by atoms with E-state index in [-0.39, 0.29) is 17.9 Å². The van der Waals surface area contributed by atoms with Gasteiger partial charge in [0.2, 0.25) is 5.91 Å². The van der Waals surface area contributed by atoms with Crippen LogP contribution < -0.4 is 10.2 Å². The Morgan fingerprint density at radius 1 is 1.22 bits per heavy atom. The fourth-order valence-corrected chi connectivity index (χ4v) is 2.69. The van der Waals surface area contributed by atoms with E-state index in [2.05, 4.69) is 5.32 Å². The van der Waals surface area contributed by atoms with Crippen molar-refractivity contribution < 1.29 is 18.4 Å². The number of fused-ring (bicyclic) bond motifs is 1. The molecule has 0 radical (unpaired) electrons. The number of hydrogen-bond acceptors (Lipinski definition) is 2. The molecule has 1 atom stereocenters. The molecule has 2 amide bonds. The highest BCUT2D eigenvalue weighted by atomic mass is 19.1. The Balaban J connectivity index is 2.09. The molecule has 0 unspecified atom stereocenters. The zero-order valence-corrected chi connectivity index (χ0v) is 12.3. The second kappa shape index (κ2) is 5.79. The molecule has 1 N–H and O–H groups in total. The van der Waals surface area contributed by atoms with E-state index in [0.717, 1.165) is 12.1 Å². The summed E-state index contributed by atoms with van der Waals surface area (Å²) in [5.41, 5.74) is 0.736. The topological polar surface area (TPSA) is 49.4 Å². The van der Waals surface area contributed by atoms with E-state index in [4.69, 9.17) is 0 Å². The number of halogens is 2. The van der Waals surface area contributed by atoms with Crippen LogP contribution in [-0.4, -0.2) is 17.9 Å². The summed E-state index contributed by atoms with van der Waals surface area (Å²) in [6.45, 7) is 1.71. The van der Waals surface area contributed by atoms with Crippen LogP contribution in [0.5, 0.6) is 0 Å². The quantitative estimate of drug-likeness (QED) is 0.877. The number of rotatable bonds is 1. The number of para-hydroxylation sites is 2. The largest absolute Gasteiger partial charge is 0.324 e. The van der Waals surface area contributed by atoms with Gasteiger partial charge < -0.3 is 10.2 Å². The number of carbonyl (C=O) groups is 2. The molecule has 0 fully saturated rings. The first-order valence-electron chi connectivity index (χ1n) is 7.15. The zero-order valence-electron chi connectivity index (χ0n) is 12.3. The molecule has 2 aromatic rings. The molecule has 0 aromatic heterocycles. The Labute approximate surface area is 131 Å². The van der Waals surface area contributed by atoms with Gasteiger partial charge in [0.1, 0.15) is 11.6 Å². The van der Waals surface area contributed by atoms with Crippen LogP contribution in [0.3, 0.4) is 0 Å². The third-order valence-electron chi connectivity index (χ3n) is 3.74. The number of benzene rings is 2. The summed E-state index contributed by atoms with van der Waals surface area (Å²) < 4.78 is 27.0. The third-order valence-corrected chi connectivity index (χ3v) is 3.74. The van der Waals surface area contributed by atoms with Crippen molar-refractivity contribution in [2.24, 2.45) is 0 Å². The van der Waals surface area contributed by atoms with Gasteiger partial charge in [0.25, 0.3) is 5.91 Å². The predicted octanol–water partition coefficient (Wildman–Crippen LogP) is 3.34. The first-order chi connectivity index (χ1) is 11.0. The van der Waals surface area contributed by atoms with Gasteiger partial charge in [-0.2, -0.15) is 0 Å². The predicted molar refractivity (Wildman–Crippen MR) is 82.3 cm³/mol.